The summed E-state index contributed by atoms with van der Waals surface area (Å²) in [6.07, 6.45) is 3.15. The Hall–Kier alpha value is -1.36. The van der Waals surface area contributed by atoms with Crippen LogP contribution in [-0.4, -0.2) is 43.3 Å². The molecule has 1 aliphatic rings. The van der Waals surface area contributed by atoms with Crippen molar-refractivity contribution in [3.63, 3.8) is 0 Å². The summed E-state index contributed by atoms with van der Waals surface area (Å²) < 4.78 is 23.1. The van der Waals surface area contributed by atoms with Crippen LogP contribution in [0.15, 0.2) is 18.2 Å². The summed E-state index contributed by atoms with van der Waals surface area (Å²) in [5.74, 6) is -0.0324. The molecule has 1 amide bonds. The van der Waals surface area contributed by atoms with Crippen LogP contribution in [0.25, 0.3) is 0 Å². The van der Waals surface area contributed by atoms with Gasteiger partial charge >= 0.3 is 0 Å². The smallest absolute Gasteiger partial charge is 0.254 e. The first kappa shape index (κ1) is 16.0. The number of aryl methyl sites for hydroxylation is 1. The van der Waals surface area contributed by atoms with Gasteiger partial charge in [0.2, 0.25) is 0 Å². The van der Waals surface area contributed by atoms with Gasteiger partial charge in [-0.05, 0) is 50.8 Å². The van der Waals surface area contributed by atoms with E-state index >= 15 is 0 Å². The fourth-order valence-corrected chi connectivity index (χ4v) is 3.76. The molecule has 0 spiro atoms. The Labute approximate surface area is 127 Å². The quantitative estimate of drug-likeness (QED) is 0.839. The van der Waals surface area contributed by atoms with Crippen LogP contribution in [0.5, 0.6) is 0 Å². The lowest BCUT2D eigenvalue weighted by Gasteiger charge is -2.29. The molecule has 5 heteroatoms. The van der Waals surface area contributed by atoms with Crippen LogP contribution < -0.4 is 0 Å². The molecule has 0 aromatic heterocycles. The van der Waals surface area contributed by atoms with E-state index in [1.54, 1.807) is 4.90 Å². The predicted octanol–water partition coefficient (Wildman–Crippen LogP) is 2.34. The monoisotopic (exact) mass is 309 g/mol. The zero-order valence-corrected chi connectivity index (χ0v) is 13.9. The minimum atomic E-state index is -3.10. The Kier molecular flexibility index (Phi) is 4.42. The number of sulfone groups is 1. The van der Waals surface area contributed by atoms with Crippen LogP contribution in [0.3, 0.4) is 0 Å². The molecule has 0 saturated heterocycles. The second kappa shape index (κ2) is 5.79. The number of hydrogen-bond donors (Lipinski definition) is 0. The molecule has 1 fully saturated rings. The van der Waals surface area contributed by atoms with E-state index in [0.29, 0.717) is 5.56 Å². The van der Waals surface area contributed by atoms with E-state index in [1.165, 1.54) is 6.26 Å². The van der Waals surface area contributed by atoms with Crippen molar-refractivity contribution in [1.29, 1.82) is 0 Å². The lowest BCUT2D eigenvalue weighted by Crippen LogP contribution is -2.44. The SMILES string of the molecule is Cc1cccc(C(=O)N(C(C)CS(C)(=O)=O)C2CC2)c1C. The van der Waals surface area contributed by atoms with E-state index in [-0.39, 0.29) is 23.7 Å². The van der Waals surface area contributed by atoms with Crippen LogP contribution in [-0.2, 0) is 9.84 Å². The van der Waals surface area contributed by atoms with Crippen molar-refractivity contribution in [2.24, 2.45) is 0 Å². The molecule has 4 nitrogen and oxygen atoms in total. The van der Waals surface area contributed by atoms with Crippen LogP contribution >= 0.6 is 0 Å². The summed E-state index contributed by atoms with van der Waals surface area (Å²) in [4.78, 5) is 14.6. The number of benzene rings is 1. The molecule has 1 unspecified atom stereocenters. The average molecular weight is 309 g/mol. The number of carbonyl (C=O) groups is 1. The Morgan fingerprint density at radius 3 is 2.48 bits per heavy atom. The molecular weight excluding hydrogens is 286 g/mol. The van der Waals surface area contributed by atoms with E-state index in [0.717, 1.165) is 24.0 Å². The molecular formula is C16H23NO3S. The van der Waals surface area contributed by atoms with Gasteiger partial charge < -0.3 is 4.90 Å². The maximum Gasteiger partial charge on any atom is 0.254 e. The standard InChI is InChI=1S/C16H23NO3S/c1-11-6-5-7-15(13(11)3)16(18)17(14-8-9-14)12(2)10-21(4,19)20/h5-7,12,14H,8-10H2,1-4H3. The van der Waals surface area contributed by atoms with E-state index < -0.39 is 9.84 Å². The van der Waals surface area contributed by atoms with Crippen LogP contribution in [0.4, 0.5) is 0 Å². The first-order valence-electron chi connectivity index (χ1n) is 7.27. The normalized spacial score (nSPS) is 16.6. The van der Waals surface area contributed by atoms with Crippen LogP contribution in [0, 0.1) is 13.8 Å². The van der Waals surface area contributed by atoms with Gasteiger partial charge in [0.1, 0.15) is 9.84 Å². The summed E-state index contributed by atoms with van der Waals surface area (Å²) >= 11 is 0. The third-order valence-electron chi connectivity index (χ3n) is 4.03. The molecule has 1 saturated carbocycles. The second-order valence-corrected chi connectivity index (χ2v) is 8.32. The maximum absolute atomic E-state index is 12.9. The highest BCUT2D eigenvalue weighted by Gasteiger charge is 2.37. The molecule has 21 heavy (non-hydrogen) atoms. The van der Waals surface area contributed by atoms with Gasteiger partial charge in [-0.1, -0.05) is 12.1 Å². The zero-order chi connectivity index (χ0) is 15.8. The van der Waals surface area contributed by atoms with Crippen molar-refractivity contribution in [2.45, 2.75) is 45.7 Å². The molecule has 0 radical (unpaired) electrons. The fraction of sp³-hybridized carbons (Fsp3) is 0.562. The maximum atomic E-state index is 12.9. The Bertz CT molecular complexity index is 647. The predicted molar refractivity (Wildman–Crippen MR) is 84.3 cm³/mol. The highest BCUT2D eigenvalue weighted by molar-refractivity contribution is 7.90. The van der Waals surface area contributed by atoms with Crippen molar-refractivity contribution in [1.82, 2.24) is 4.90 Å². The first-order chi connectivity index (χ1) is 9.70. The zero-order valence-electron chi connectivity index (χ0n) is 13.1. The fourth-order valence-electron chi connectivity index (χ4n) is 2.72. The third-order valence-corrected chi connectivity index (χ3v) is 5.12. The molecule has 2 rings (SSSR count). The second-order valence-electron chi connectivity index (χ2n) is 6.13. The number of carbonyl (C=O) groups excluding carboxylic acids is 1. The number of nitrogens with zero attached hydrogens (tertiary/aromatic N) is 1. The van der Waals surface area contributed by atoms with Crippen molar-refractivity contribution >= 4 is 15.7 Å². The number of amides is 1. The summed E-state index contributed by atoms with van der Waals surface area (Å²) in [6, 6.07) is 5.58. The van der Waals surface area contributed by atoms with Gasteiger partial charge in [0, 0.05) is 23.9 Å². The molecule has 1 aliphatic carbocycles. The van der Waals surface area contributed by atoms with E-state index in [4.69, 9.17) is 0 Å². The van der Waals surface area contributed by atoms with E-state index in [1.807, 2.05) is 39.0 Å². The van der Waals surface area contributed by atoms with Crippen molar-refractivity contribution in [2.75, 3.05) is 12.0 Å². The Morgan fingerprint density at radius 2 is 1.95 bits per heavy atom. The summed E-state index contributed by atoms with van der Waals surface area (Å²) in [7, 11) is -3.10. The number of rotatable bonds is 5. The molecule has 1 aromatic carbocycles. The molecule has 0 aliphatic heterocycles. The highest BCUT2D eigenvalue weighted by atomic mass is 32.2. The molecule has 0 N–H and O–H groups in total. The van der Waals surface area contributed by atoms with Gasteiger partial charge in [0.25, 0.3) is 5.91 Å². The lowest BCUT2D eigenvalue weighted by molar-refractivity contribution is 0.0692. The molecule has 0 heterocycles. The Morgan fingerprint density at radius 1 is 1.33 bits per heavy atom. The minimum Gasteiger partial charge on any atom is -0.332 e. The van der Waals surface area contributed by atoms with Gasteiger partial charge in [0.05, 0.1) is 5.75 Å². The topological polar surface area (TPSA) is 54.5 Å². The molecule has 1 aromatic rings. The Balaban J connectivity index is 2.30. The van der Waals surface area contributed by atoms with Crippen LogP contribution in [0.1, 0.15) is 41.3 Å². The minimum absolute atomic E-state index is 0.0140. The largest absolute Gasteiger partial charge is 0.332 e. The summed E-state index contributed by atoms with van der Waals surface area (Å²) in [5, 5.41) is 0. The summed E-state index contributed by atoms with van der Waals surface area (Å²) in [5.41, 5.74) is 2.73. The average Bonchev–Trinajstić information content (AvgIpc) is 3.15. The van der Waals surface area contributed by atoms with Crippen LogP contribution in [0.2, 0.25) is 0 Å². The van der Waals surface area contributed by atoms with Crippen molar-refractivity contribution in [3.05, 3.63) is 34.9 Å². The van der Waals surface area contributed by atoms with Gasteiger partial charge in [-0.2, -0.15) is 0 Å². The molecule has 116 valence electrons. The van der Waals surface area contributed by atoms with Gasteiger partial charge in [-0.25, -0.2) is 8.42 Å². The van der Waals surface area contributed by atoms with Crippen molar-refractivity contribution in [3.8, 4) is 0 Å². The van der Waals surface area contributed by atoms with Gasteiger partial charge in [0.15, 0.2) is 0 Å². The van der Waals surface area contributed by atoms with Gasteiger partial charge in [-0.3, -0.25) is 4.79 Å². The molecule has 0 bridgehead atoms. The van der Waals surface area contributed by atoms with E-state index in [2.05, 4.69) is 0 Å². The molecule has 1 atom stereocenters. The highest BCUT2D eigenvalue weighted by Crippen LogP contribution is 2.31. The van der Waals surface area contributed by atoms with Gasteiger partial charge in [-0.15, -0.1) is 0 Å². The lowest BCUT2D eigenvalue weighted by atomic mass is 10.0. The summed E-state index contributed by atoms with van der Waals surface area (Å²) in [6.45, 7) is 5.74. The van der Waals surface area contributed by atoms with Crippen molar-refractivity contribution < 1.29 is 13.2 Å². The number of hydrogen-bond acceptors (Lipinski definition) is 3. The van der Waals surface area contributed by atoms with E-state index in [9.17, 15) is 13.2 Å². The third kappa shape index (κ3) is 3.84. The first-order valence-corrected chi connectivity index (χ1v) is 9.33.